The Morgan fingerprint density at radius 3 is 2.47 bits per heavy atom. The van der Waals surface area contributed by atoms with Crippen LogP contribution in [0.15, 0.2) is 67.3 Å². The highest BCUT2D eigenvalue weighted by Crippen LogP contribution is 2.20. The van der Waals surface area contributed by atoms with Crippen molar-refractivity contribution >= 4 is 11.8 Å². The van der Waals surface area contributed by atoms with E-state index < -0.39 is 0 Å². The number of aromatic nitrogens is 3. The number of benzene rings is 2. The van der Waals surface area contributed by atoms with Crippen molar-refractivity contribution in [3.05, 3.63) is 78.4 Å². The molecule has 8 nitrogen and oxygen atoms in total. The summed E-state index contributed by atoms with van der Waals surface area (Å²) in [4.78, 5) is 30.4. The van der Waals surface area contributed by atoms with Crippen LogP contribution in [0.3, 0.4) is 0 Å². The summed E-state index contributed by atoms with van der Waals surface area (Å²) in [6, 6.07) is 17.3. The summed E-state index contributed by atoms with van der Waals surface area (Å²) >= 11 is 0. The van der Waals surface area contributed by atoms with Crippen LogP contribution in [0.2, 0.25) is 0 Å². The number of carbonyl (C=O) groups is 2. The molecule has 0 aliphatic carbocycles. The van der Waals surface area contributed by atoms with Crippen LogP contribution in [0.1, 0.15) is 28.8 Å². The molecule has 1 aromatic heterocycles. The van der Waals surface area contributed by atoms with Crippen LogP contribution >= 0.6 is 0 Å². The lowest BCUT2D eigenvalue weighted by Crippen LogP contribution is -2.43. The van der Waals surface area contributed by atoms with Gasteiger partial charge in [0.15, 0.2) is 0 Å². The molecule has 3 aromatic rings. The number of nitrogens with zero attached hydrogens (tertiary/aromatic N) is 4. The topological polar surface area (TPSA) is 89.4 Å². The summed E-state index contributed by atoms with van der Waals surface area (Å²) in [6.45, 7) is 2.11. The van der Waals surface area contributed by atoms with Gasteiger partial charge in [-0.2, -0.15) is 5.10 Å². The van der Waals surface area contributed by atoms with Crippen molar-refractivity contribution in [2.75, 3.05) is 19.6 Å². The maximum Gasteiger partial charge on any atom is 0.251 e. The zero-order valence-corrected chi connectivity index (χ0v) is 17.9. The third kappa shape index (κ3) is 5.94. The molecule has 8 heteroatoms. The van der Waals surface area contributed by atoms with E-state index in [9.17, 15) is 9.59 Å². The zero-order chi connectivity index (χ0) is 22.2. The van der Waals surface area contributed by atoms with Crippen molar-refractivity contribution in [1.82, 2.24) is 25.0 Å². The van der Waals surface area contributed by atoms with E-state index >= 15 is 0 Å². The number of amides is 2. The van der Waals surface area contributed by atoms with Crippen molar-refractivity contribution in [3.63, 3.8) is 0 Å². The van der Waals surface area contributed by atoms with Crippen LogP contribution in [0.5, 0.6) is 5.75 Å². The van der Waals surface area contributed by atoms with E-state index in [2.05, 4.69) is 27.5 Å². The number of piperidine rings is 1. The minimum absolute atomic E-state index is 0.0385. The fourth-order valence-corrected chi connectivity index (χ4v) is 3.72. The first-order chi connectivity index (χ1) is 15.7. The molecule has 0 atom stereocenters. The summed E-state index contributed by atoms with van der Waals surface area (Å²) in [7, 11) is 0. The Morgan fingerprint density at radius 2 is 1.78 bits per heavy atom. The molecule has 2 amide bonds. The SMILES string of the molecule is O=C(NCCc1ccccc1)c1ccc(OC2CCN(C(=O)Cn3cncn3)CC2)cc1. The highest BCUT2D eigenvalue weighted by atomic mass is 16.5. The number of nitrogens with one attached hydrogen (secondary N) is 1. The largest absolute Gasteiger partial charge is 0.490 e. The van der Waals surface area contributed by atoms with Gasteiger partial charge in [-0.1, -0.05) is 30.3 Å². The monoisotopic (exact) mass is 433 g/mol. The van der Waals surface area contributed by atoms with Crippen LogP contribution in [-0.4, -0.2) is 57.2 Å². The molecule has 1 saturated heterocycles. The minimum Gasteiger partial charge on any atom is -0.490 e. The first-order valence-corrected chi connectivity index (χ1v) is 10.9. The molecule has 32 heavy (non-hydrogen) atoms. The Bertz CT molecular complexity index is 998. The van der Waals surface area contributed by atoms with Crippen molar-refractivity contribution in [2.24, 2.45) is 0 Å². The normalized spacial score (nSPS) is 14.2. The predicted molar refractivity (Wildman–Crippen MR) is 119 cm³/mol. The fourth-order valence-electron chi connectivity index (χ4n) is 3.72. The van der Waals surface area contributed by atoms with Gasteiger partial charge in [0.1, 0.15) is 31.1 Å². The first-order valence-electron chi connectivity index (χ1n) is 10.9. The molecule has 166 valence electrons. The summed E-state index contributed by atoms with van der Waals surface area (Å²) in [6.07, 6.45) is 5.35. The number of hydrogen-bond acceptors (Lipinski definition) is 5. The zero-order valence-electron chi connectivity index (χ0n) is 17.9. The van der Waals surface area contributed by atoms with E-state index in [0.717, 1.165) is 25.0 Å². The minimum atomic E-state index is -0.0910. The molecule has 2 aromatic carbocycles. The Labute approximate surface area is 187 Å². The third-order valence-corrected chi connectivity index (χ3v) is 5.52. The van der Waals surface area contributed by atoms with Gasteiger partial charge in [-0.05, 0) is 36.2 Å². The van der Waals surface area contributed by atoms with E-state index in [-0.39, 0.29) is 24.5 Å². The van der Waals surface area contributed by atoms with E-state index in [1.807, 2.05) is 35.2 Å². The van der Waals surface area contributed by atoms with Gasteiger partial charge >= 0.3 is 0 Å². The Morgan fingerprint density at radius 1 is 1.03 bits per heavy atom. The third-order valence-electron chi connectivity index (χ3n) is 5.52. The molecule has 0 bridgehead atoms. The van der Waals surface area contributed by atoms with Gasteiger partial charge in [-0.25, -0.2) is 9.67 Å². The second-order valence-corrected chi connectivity index (χ2v) is 7.81. The summed E-state index contributed by atoms with van der Waals surface area (Å²) in [5.74, 6) is 0.682. The Kier molecular flexibility index (Phi) is 7.12. The molecule has 1 fully saturated rings. The first kappa shape index (κ1) is 21.5. The van der Waals surface area contributed by atoms with E-state index in [1.165, 1.54) is 16.6 Å². The van der Waals surface area contributed by atoms with Gasteiger partial charge in [0, 0.05) is 38.0 Å². The summed E-state index contributed by atoms with van der Waals surface area (Å²) < 4.78 is 7.60. The lowest BCUT2D eigenvalue weighted by Gasteiger charge is -2.32. The molecule has 0 unspecified atom stereocenters. The molecule has 4 rings (SSSR count). The van der Waals surface area contributed by atoms with E-state index in [0.29, 0.717) is 25.2 Å². The summed E-state index contributed by atoms with van der Waals surface area (Å²) in [5, 5.41) is 6.93. The molecular weight excluding hydrogens is 406 g/mol. The van der Waals surface area contributed by atoms with Gasteiger partial charge in [0.05, 0.1) is 0 Å². The van der Waals surface area contributed by atoms with Crippen LogP contribution in [0.4, 0.5) is 0 Å². The van der Waals surface area contributed by atoms with Crippen molar-refractivity contribution in [2.45, 2.75) is 31.9 Å². The number of hydrogen-bond donors (Lipinski definition) is 1. The molecule has 2 heterocycles. The van der Waals surface area contributed by atoms with Crippen molar-refractivity contribution in [1.29, 1.82) is 0 Å². The van der Waals surface area contributed by atoms with Crippen LogP contribution in [0, 0.1) is 0 Å². The Hall–Kier alpha value is -3.68. The highest BCUT2D eigenvalue weighted by Gasteiger charge is 2.24. The average Bonchev–Trinajstić information content (AvgIpc) is 3.34. The van der Waals surface area contributed by atoms with Gasteiger partial charge in [0.2, 0.25) is 5.91 Å². The smallest absolute Gasteiger partial charge is 0.251 e. The van der Waals surface area contributed by atoms with E-state index in [1.54, 1.807) is 18.5 Å². The van der Waals surface area contributed by atoms with Crippen LogP contribution < -0.4 is 10.1 Å². The second-order valence-electron chi connectivity index (χ2n) is 7.81. The molecular formula is C24H27N5O3. The molecule has 0 radical (unpaired) electrons. The standard InChI is InChI=1S/C24H27N5O3/c30-23(16-29-18-25-17-27-29)28-14-11-22(12-15-28)32-21-8-6-20(7-9-21)24(31)26-13-10-19-4-2-1-3-5-19/h1-9,17-18,22H,10-16H2,(H,26,31). The maximum atomic E-state index is 12.4. The van der Waals surface area contributed by atoms with Crippen LogP contribution in [-0.2, 0) is 17.8 Å². The van der Waals surface area contributed by atoms with Gasteiger partial charge in [-0.3, -0.25) is 9.59 Å². The number of ether oxygens (including phenoxy) is 1. The van der Waals surface area contributed by atoms with Crippen molar-refractivity contribution in [3.8, 4) is 5.75 Å². The molecule has 1 aliphatic rings. The molecule has 1 N–H and O–H groups in total. The average molecular weight is 434 g/mol. The van der Waals surface area contributed by atoms with E-state index in [4.69, 9.17) is 4.74 Å². The second kappa shape index (κ2) is 10.6. The maximum absolute atomic E-state index is 12.4. The lowest BCUT2D eigenvalue weighted by atomic mass is 10.1. The van der Waals surface area contributed by atoms with Crippen LogP contribution in [0.25, 0.3) is 0 Å². The predicted octanol–water partition coefficient (Wildman–Crippen LogP) is 2.32. The fraction of sp³-hybridized carbons (Fsp3) is 0.333. The number of rotatable bonds is 8. The molecule has 0 saturated carbocycles. The van der Waals surface area contributed by atoms with Gasteiger partial charge in [-0.15, -0.1) is 0 Å². The lowest BCUT2D eigenvalue weighted by molar-refractivity contribution is -0.133. The number of carbonyl (C=O) groups excluding carboxylic acids is 2. The van der Waals surface area contributed by atoms with Crippen molar-refractivity contribution < 1.29 is 14.3 Å². The molecule has 0 spiro atoms. The van der Waals surface area contributed by atoms with Gasteiger partial charge in [0.25, 0.3) is 5.91 Å². The Balaban J connectivity index is 1.19. The molecule has 1 aliphatic heterocycles. The summed E-state index contributed by atoms with van der Waals surface area (Å²) in [5.41, 5.74) is 1.81. The van der Waals surface area contributed by atoms with Gasteiger partial charge < -0.3 is 15.0 Å². The quantitative estimate of drug-likeness (QED) is 0.589. The highest BCUT2D eigenvalue weighted by molar-refractivity contribution is 5.94. The number of likely N-dealkylation sites (tertiary alicyclic amines) is 1.